The SMILES string of the molecule is Cn1c(=O)c2c(ncn2C)n(CC#Cc2cccc(C(N)=O)c2)c1=O. The van der Waals surface area contributed by atoms with E-state index in [9.17, 15) is 14.4 Å². The minimum Gasteiger partial charge on any atom is -0.366 e. The van der Waals surface area contributed by atoms with E-state index in [0.29, 0.717) is 16.6 Å². The molecule has 8 nitrogen and oxygen atoms in total. The highest BCUT2D eigenvalue weighted by molar-refractivity contribution is 5.93. The van der Waals surface area contributed by atoms with Crippen molar-refractivity contribution in [3.8, 4) is 11.8 Å². The Morgan fingerprint density at radius 3 is 2.76 bits per heavy atom. The van der Waals surface area contributed by atoms with Crippen molar-refractivity contribution in [3.05, 3.63) is 62.6 Å². The largest absolute Gasteiger partial charge is 0.366 e. The molecule has 0 atom stereocenters. The zero-order chi connectivity index (χ0) is 18.1. The van der Waals surface area contributed by atoms with Crippen molar-refractivity contribution in [1.29, 1.82) is 0 Å². The van der Waals surface area contributed by atoms with Gasteiger partial charge in [-0.2, -0.15) is 0 Å². The Kier molecular flexibility index (Phi) is 3.99. The molecule has 0 unspecified atom stereocenters. The van der Waals surface area contributed by atoms with Crippen molar-refractivity contribution in [2.24, 2.45) is 19.8 Å². The number of carbonyl (C=O) groups is 1. The van der Waals surface area contributed by atoms with Crippen molar-refractivity contribution in [2.75, 3.05) is 0 Å². The molecule has 126 valence electrons. The third kappa shape index (κ3) is 2.83. The fourth-order valence-electron chi connectivity index (χ4n) is 2.49. The Balaban J connectivity index is 2.04. The maximum atomic E-state index is 12.3. The van der Waals surface area contributed by atoms with Crippen LogP contribution in [0.5, 0.6) is 0 Å². The highest BCUT2D eigenvalue weighted by Crippen LogP contribution is 2.05. The zero-order valence-electron chi connectivity index (χ0n) is 13.7. The summed E-state index contributed by atoms with van der Waals surface area (Å²) in [6, 6.07) is 6.59. The zero-order valence-corrected chi connectivity index (χ0v) is 13.7. The Morgan fingerprint density at radius 2 is 2.04 bits per heavy atom. The number of benzene rings is 1. The van der Waals surface area contributed by atoms with Gasteiger partial charge in [-0.05, 0) is 18.2 Å². The lowest BCUT2D eigenvalue weighted by Gasteiger charge is -2.05. The van der Waals surface area contributed by atoms with E-state index in [1.165, 1.54) is 17.9 Å². The summed E-state index contributed by atoms with van der Waals surface area (Å²) in [6.45, 7) is 0.0568. The molecule has 1 aromatic carbocycles. The number of rotatable bonds is 2. The van der Waals surface area contributed by atoms with Crippen LogP contribution < -0.4 is 17.0 Å². The molecule has 0 aliphatic heterocycles. The van der Waals surface area contributed by atoms with Crippen LogP contribution in [0.4, 0.5) is 0 Å². The van der Waals surface area contributed by atoms with Gasteiger partial charge in [0.25, 0.3) is 5.56 Å². The van der Waals surface area contributed by atoms with Crippen molar-refractivity contribution in [2.45, 2.75) is 6.54 Å². The summed E-state index contributed by atoms with van der Waals surface area (Å²) in [5.74, 6) is 5.22. The lowest BCUT2D eigenvalue weighted by atomic mass is 10.1. The monoisotopic (exact) mass is 337 g/mol. The number of primary amides is 1. The normalized spacial score (nSPS) is 10.5. The van der Waals surface area contributed by atoms with Crippen LogP contribution in [-0.2, 0) is 20.6 Å². The van der Waals surface area contributed by atoms with Crippen LogP contribution in [0.3, 0.4) is 0 Å². The molecule has 0 bridgehead atoms. The van der Waals surface area contributed by atoms with Gasteiger partial charge in [0.05, 0.1) is 12.9 Å². The highest BCUT2D eigenvalue weighted by atomic mass is 16.2. The van der Waals surface area contributed by atoms with Gasteiger partial charge >= 0.3 is 5.69 Å². The minimum absolute atomic E-state index is 0.0568. The molecule has 0 saturated carbocycles. The van der Waals surface area contributed by atoms with E-state index in [-0.39, 0.29) is 12.2 Å². The lowest BCUT2D eigenvalue weighted by Crippen LogP contribution is -2.38. The van der Waals surface area contributed by atoms with E-state index in [0.717, 1.165) is 4.57 Å². The summed E-state index contributed by atoms with van der Waals surface area (Å²) in [4.78, 5) is 39.9. The number of hydrogen-bond donors (Lipinski definition) is 1. The van der Waals surface area contributed by atoms with Crippen LogP contribution >= 0.6 is 0 Å². The first-order chi connectivity index (χ1) is 11.9. The average Bonchev–Trinajstić information content (AvgIpc) is 2.98. The van der Waals surface area contributed by atoms with Crippen molar-refractivity contribution < 1.29 is 4.79 Å². The van der Waals surface area contributed by atoms with Crippen LogP contribution in [0.25, 0.3) is 11.2 Å². The van der Waals surface area contributed by atoms with Gasteiger partial charge in [-0.25, -0.2) is 9.78 Å². The summed E-state index contributed by atoms with van der Waals surface area (Å²) in [7, 11) is 3.10. The standard InChI is InChI=1S/C17H15N5O3/c1-20-10-19-15-13(20)16(24)21(2)17(25)22(15)8-4-6-11-5-3-7-12(9-11)14(18)23/h3,5,7,9-10H,8H2,1-2H3,(H2,18,23). The molecule has 3 aromatic rings. The molecule has 0 aliphatic rings. The van der Waals surface area contributed by atoms with Gasteiger partial charge in [0.15, 0.2) is 11.2 Å². The number of aromatic nitrogens is 4. The average molecular weight is 337 g/mol. The van der Waals surface area contributed by atoms with Crippen LogP contribution in [0.15, 0.2) is 40.2 Å². The molecule has 3 rings (SSSR count). The molecule has 1 amide bonds. The number of fused-ring (bicyclic) bond motifs is 1. The van der Waals surface area contributed by atoms with Gasteiger partial charge in [0, 0.05) is 25.2 Å². The Hall–Kier alpha value is -3.60. The van der Waals surface area contributed by atoms with Crippen molar-refractivity contribution in [1.82, 2.24) is 18.7 Å². The van der Waals surface area contributed by atoms with Gasteiger partial charge in [0.2, 0.25) is 5.91 Å². The van der Waals surface area contributed by atoms with Crippen LogP contribution in [-0.4, -0.2) is 24.6 Å². The van der Waals surface area contributed by atoms with E-state index < -0.39 is 17.2 Å². The second kappa shape index (κ2) is 6.13. The number of hydrogen-bond acceptors (Lipinski definition) is 4. The minimum atomic E-state index is -0.534. The Morgan fingerprint density at radius 1 is 1.28 bits per heavy atom. The first-order valence-corrected chi connectivity index (χ1v) is 7.39. The molecule has 8 heteroatoms. The molecule has 2 N–H and O–H groups in total. The molecule has 0 aliphatic carbocycles. The molecule has 25 heavy (non-hydrogen) atoms. The number of aryl methyl sites for hydroxylation is 1. The number of carbonyl (C=O) groups excluding carboxylic acids is 1. The lowest BCUT2D eigenvalue weighted by molar-refractivity contribution is 0.100. The first kappa shape index (κ1) is 16.3. The summed E-state index contributed by atoms with van der Waals surface area (Å²) in [5, 5.41) is 0. The molecule has 0 fully saturated rings. The fourth-order valence-corrected chi connectivity index (χ4v) is 2.49. The van der Waals surface area contributed by atoms with Gasteiger partial charge in [-0.3, -0.25) is 18.7 Å². The van der Waals surface area contributed by atoms with E-state index in [4.69, 9.17) is 5.73 Å². The maximum Gasteiger partial charge on any atom is 0.333 e. The molecular formula is C17H15N5O3. The smallest absolute Gasteiger partial charge is 0.333 e. The second-order valence-corrected chi connectivity index (χ2v) is 5.51. The fraction of sp³-hybridized carbons (Fsp3) is 0.176. The molecule has 0 radical (unpaired) electrons. The topological polar surface area (TPSA) is 105 Å². The van der Waals surface area contributed by atoms with Gasteiger partial charge < -0.3 is 10.3 Å². The third-order valence-electron chi connectivity index (χ3n) is 3.82. The molecule has 2 heterocycles. The summed E-state index contributed by atoms with van der Waals surface area (Å²) in [5.41, 5.74) is 5.93. The van der Waals surface area contributed by atoms with E-state index >= 15 is 0 Å². The Labute approximate surface area is 142 Å². The van der Waals surface area contributed by atoms with Crippen molar-refractivity contribution in [3.63, 3.8) is 0 Å². The molecular weight excluding hydrogens is 322 g/mol. The van der Waals surface area contributed by atoms with E-state index in [1.54, 1.807) is 35.9 Å². The predicted molar refractivity (Wildman–Crippen MR) is 92.1 cm³/mol. The van der Waals surface area contributed by atoms with Crippen LogP contribution in [0.1, 0.15) is 15.9 Å². The number of nitrogens with zero attached hydrogens (tertiary/aromatic N) is 4. The maximum absolute atomic E-state index is 12.3. The number of amides is 1. The van der Waals surface area contributed by atoms with Gasteiger partial charge in [0.1, 0.15) is 0 Å². The number of imidazole rings is 1. The van der Waals surface area contributed by atoms with Crippen LogP contribution in [0.2, 0.25) is 0 Å². The molecule has 0 spiro atoms. The number of nitrogens with two attached hydrogens (primary N) is 1. The van der Waals surface area contributed by atoms with E-state index in [1.807, 2.05) is 0 Å². The third-order valence-corrected chi connectivity index (χ3v) is 3.82. The highest BCUT2D eigenvalue weighted by Gasteiger charge is 2.13. The van der Waals surface area contributed by atoms with Gasteiger partial charge in [-0.1, -0.05) is 17.9 Å². The quantitative estimate of drug-likeness (QED) is 0.641. The second-order valence-electron chi connectivity index (χ2n) is 5.51. The van der Waals surface area contributed by atoms with E-state index in [2.05, 4.69) is 16.8 Å². The Bertz CT molecular complexity index is 1170. The summed E-state index contributed by atoms with van der Waals surface area (Å²) >= 11 is 0. The first-order valence-electron chi connectivity index (χ1n) is 7.39. The van der Waals surface area contributed by atoms with Crippen LogP contribution in [0, 0.1) is 11.8 Å². The van der Waals surface area contributed by atoms with Gasteiger partial charge in [-0.15, -0.1) is 0 Å². The molecule has 0 saturated heterocycles. The van der Waals surface area contributed by atoms with Crippen molar-refractivity contribution >= 4 is 17.1 Å². The molecule has 2 aromatic heterocycles. The predicted octanol–water partition coefficient (Wildman–Crippen LogP) is -0.416. The summed E-state index contributed by atoms with van der Waals surface area (Å²) in [6.07, 6.45) is 1.48. The summed E-state index contributed by atoms with van der Waals surface area (Å²) < 4.78 is 3.93.